The number of hydrogen-bond donors (Lipinski definition) is 2. The molecule has 0 aliphatic carbocycles. The lowest BCUT2D eigenvalue weighted by Gasteiger charge is -2.38. The first-order valence-corrected chi connectivity index (χ1v) is 19.5. The summed E-state index contributed by atoms with van der Waals surface area (Å²) in [6.07, 6.45) is 3.07. The van der Waals surface area contributed by atoms with Gasteiger partial charge < -0.3 is 33.1 Å². The number of H-pyrrole nitrogens is 1. The van der Waals surface area contributed by atoms with E-state index in [0.29, 0.717) is 17.1 Å². The summed E-state index contributed by atoms with van der Waals surface area (Å²) in [6.45, 7) is 8.09. The number of aromatic nitrogens is 4. The maximum Gasteiger partial charge on any atom is 0.280 e. The van der Waals surface area contributed by atoms with Gasteiger partial charge in [0, 0.05) is 38.6 Å². The van der Waals surface area contributed by atoms with Crippen LogP contribution in [0.5, 0.6) is 11.5 Å². The Morgan fingerprint density at radius 2 is 1.50 bits per heavy atom. The molecule has 2 aromatic heterocycles. The molecule has 0 radical (unpaired) electrons. The normalized spacial score (nSPS) is 13.7. The summed E-state index contributed by atoms with van der Waals surface area (Å²) in [4.78, 5) is 42.1. The molecule has 296 valence electrons. The van der Waals surface area contributed by atoms with Crippen molar-refractivity contribution in [2.75, 3.05) is 41.5 Å². The lowest BCUT2D eigenvalue weighted by molar-refractivity contribution is -0.0221. The number of rotatable bonds is 19. The molecule has 3 aromatic carbocycles. The summed E-state index contributed by atoms with van der Waals surface area (Å²) in [5.74, 6) is 0.139. The van der Waals surface area contributed by atoms with Crippen LogP contribution in [0.4, 0.5) is 5.95 Å². The number of benzene rings is 3. The Hall–Kier alpha value is -5.16. The Morgan fingerprint density at radius 1 is 0.929 bits per heavy atom. The number of aromatic amines is 1. The molecule has 5 rings (SSSR count). The monoisotopic (exact) mass is 782 g/mol. The van der Waals surface area contributed by atoms with E-state index in [1.165, 1.54) is 12.7 Å². The fraction of sp³-hybridized carbons (Fsp3) is 0.390. The summed E-state index contributed by atoms with van der Waals surface area (Å²) in [5, 5.41) is 10.8. The van der Waals surface area contributed by atoms with Crippen molar-refractivity contribution in [3.05, 3.63) is 112 Å². The fourth-order valence-electron chi connectivity index (χ4n) is 6.65. The van der Waals surface area contributed by atoms with E-state index in [9.17, 15) is 14.9 Å². The second kappa shape index (κ2) is 19.1. The van der Waals surface area contributed by atoms with Gasteiger partial charge >= 0.3 is 0 Å². The summed E-state index contributed by atoms with van der Waals surface area (Å²) >= 11 is 0. The predicted molar refractivity (Wildman–Crippen MR) is 218 cm³/mol. The molecule has 0 aliphatic rings. The zero-order valence-electron chi connectivity index (χ0n) is 33.2. The number of methoxy groups -OCH3 is 2. The van der Waals surface area contributed by atoms with Gasteiger partial charge in [0.1, 0.15) is 17.1 Å². The van der Waals surface area contributed by atoms with Crippen molar-refractivity contribution in [1.29, 1.82) is 5.26 Å². The van der Waals surface area contributed by atoms with Crippen molar-refractivity contribution in [3.8, 4) is 17.6 Å². The molecule has 0 aliphatic heterocycles. The topological polar surface area (TPSA) is 163 Å². The molecule has 3 atom stereocenters. The zero-order chi connectivity index (χ0) is 40.4. The van der Waals surface area contributed by atoms with E-state index in [2.05, 4.69) is 26.0 Å². The largest absolute Gasteiger partial charge is 0.497 e. The maximum absolute atomic E-state index is 13.1. The molecule has 5 aromatic rings. The summed E-state index contributed by atoms with van der Waals surface area (Å²) < 4.78 is 28.1. The minimum atomic E-state index is -2.01. The van der Waals surface area contributed by atoms with Gasteiger partial charge in [-0.15, -0.1) is 0 Å². The van der Waals surface area contributed by atoms with E-state index in [1.807, 2.05) is 125 Å². The van der Waals surface area contributed by atoms with Crippen molar-refractivity contribution in [3.63, 3.8) is 0 Å². The molecule has 2 N–H and O–H groups in total. The van der Waals surface area contributed by atoms with Gasteiger partial charge in [0.2, 0.25) is 5.95 Å². The van der Waals surface area contributed by atoms with E-state index in [1.54, 1.807) is 23.7 Å². The van der Waals surface area contributed by atoms with Crippen molar-refractivity contribution in [2.24, 2.45) is 16.8 Å². The minimum Gasteiger partial charge on any atom is -0.497 e. The maximum atomic E-state index is 13.1. The van der Waals surface area contributed by atoms with Crippen LogP contribution in [0.1, 0.15) is 44.4 Å². The number of nitriles is 1. The average molecular weight is 783 g/mol. The van der Waals surface area contributed by atoms with E-state index >= 15 is 0 Å². The highest BCUT2D eigenvalue weighted by molar-refractivity contribution is 7.43. The van der Waals surface area contributed by atoms with Gasteiger partial charge in [-0.1, -0.05) is 54.6 Å². The first-order chi connectivity index (χ1) is 26.9. The number of fused-ring (bicyclic) bond motifs is 1. The Bertz CT molecular complexity index is 2080. The number of aliphatic imine (C=N–C) groups is 1. The molecule has 0 amide bonds. The van der Waals surface area contributed by atoms with Crippen LogP contribution in [0, 0.1) is 23.2 Å². The Balaban J connectivity index is 1.63. The fourth-order valence-corrected chi connectivity index (χ4v) is 7.86. The van der Waals surface area contributed by atoms with E-state index in [-0.39, 0.29) is 43.3 Å². The number of imidazole rings is 1. The molecule has 0 spiro atoms. The quantitative estimate of drug-likeness (QED) is 0.0408. The first-order valence-electron chi connectivity index (χ1n) is 18.4. The van der Waals surface area contributed by atoms with E-state index in [0.717, 1.165) is 16.7 Å². The Kier molecular flexibility index (Phi) is 14.3. The Labute approximate surface area is 329 Å². The number of nitrogens with zero attached hydrogens (tertiary/aromatic N) is 7. The molecule has 0 bridgehead atoms. The van der Waals surface area contributed by atoms with Crippen molar-refractivity contribution >= 4 is 32.0 Å². The van der Waals surface area contributed by atoms with Gasteiger partial charge in [-0.3, -0.25) is 9.78 Å². The molecular formula is C41H51N8O6P. The molecular weight excluding hydrogens is 731 g/mol. The number of hydrogen-bond acceptors (Lipinski definition) is 11. The van der Waals surface area contributed by atoms with Crippen LogP contribution in [0.25, 0.3) is 11.2 Å². The van der Waals surface area contributed by atoms with Crippen LogP contribution < -0.4 is 15.0 Å². The Morgan fingerprint density at radius 3 is 2.02 bits per heavy atom. The van der Waals surface area contributed by atoms with Crippen molar-refractivity contribution in [1.82, 2.24) is 29.1 Å². The van der Waals surface area contributed by atoms with Gasteiger partial charge in [-0.2, -0.15) is 10.2 Å². The lowest BCUT2D eigenvalue weighted by Crippen LogP contribution is -2.37. The van der Waals surface area contributed by atoms with Crippen molar-refractivity contribution in [2.45, 2.75) is 51.9 Å². The summed E-state index contributed by atoms with van der Waals surface area (Å²) in [6, 6.07) is 27.8. The summed E-state index contributed by atoms with van der Waals surface area (Å²) in [5.41, 5.74) is 1.33. The van der Waals surface area contributed by atoms with E-state index in [4.69, 9.17) is 18.7 Å². The SMILES string of the molecule is COc1ccc(C(OC[C@H](Cn2cnc3c(=O)[nH]c(N=CN(C)C)nc32)C(C#N)COP(O)N(C(C)C)C(C)C)(c2ccccc2)c2ccc(OC)cc2)cc1. The molecule has 0 saturated heterocycles. The lowest BCUT2D eigenvalue weighted by atomic mass is 9.79. The number of nitrogens with one attached hydrogen (secondary N) is 1. The van der Waals surface area contributed by atoms with Crippen LogP contribution in [0.3, 0.4) is 0 Å². The van der Waals surface area contributed by atoms with Crippen LogP contribution in [0.2, 0.25) is 0 Å². The first kappa shape index (κ1) is 42.0. The third-order valence-electron chi connectivity index (χ3n) is 9.35. The molecule has 2 unspecified atom stereocenters. The van der Waals surface area contributed by atoms with E-state index < -0.39 is 31.5 Å². The van der Waals surface area contributed by atoms with Crippen molar-refractivity contribution < 1.29 is 23.6 Å². The molecule has 14 nitrogen and oxygen atoms in total. The van der Waals surface area contributed by atoms with Crippen LogP contribution in [-0.2, 0) is 21.4 Å². The second-order valence-electron chi connectivity index (χ2n) is 14.1. The minimum absolute atomic E-state index is 0.0112. The van der Waals surface area contributed by atoms with Crippen LogP contribution in [0.15, 0.2) is 95.0 Å². The highest BCUT2D eigenvalue weighted by atomic mass is 31.2. The predicted octanol–water partition coefficient (Wildman–Crippen LogP) is 6.48. The van der Waals surface area contributed by atoms with Crippen LogP contribution >= 0.6 is 8.53 Å². The standard InChI is InChI=1S/C41H51N8O6P/c1-28(2)49(29(3)4)56(51)55-25-30(22-42)31(23-48-27-43-37-38(48)45-40(46-39(37)50)44-26-47(5)6)24-54-41(32-12-10-9-11-13-32,33-14-18-35(52-7)19-15-33)34-16-20-36(53-8)21-17-34/h9-21,26-31,51H,23-25H2,1-8H3,(H,45,46,50)/t30?,31-,56?/m0/s1. The van der Waals surface area contributed by atoms with Gasteiger partial charge in [0.15, 0.2) is 11.2 Å². The molecule has 56 heavy (non-hydrogen) atoms. The second-order valence-corrected chi connectivity index (χ2v) is 15.3. The smallest absolute Gasteiger partial charge is 0.280 e. The molecule has 15 heteroatoms. The van der Waals surface area contributed by atoms with Gasteiger partial charge in [0.25, 0.3) is 14.1 Å². The number of ether oxygens (including phenoxy) is 3. The summed E-state index contributed by atoms with van der Waals surface area (Å²) in [7, 11) is 4.85. The zero-order valence-corrected chi connectivity index (χ0v) is 34.1. The third-order valence-corrected chi connectivity index (χ3v) is 11.1. The van der Waals surface area contributed by atoms with Gasteiger partial charge in [-0.25, -0.2) is 14.6 Å². The third kappa shape index (κ3) is 9.61. The molecule has 0 fully saturated rings. The van der Waals surface area contributed by atoms with Crippen LogP contribution in [-0.4, -0.2) is 93.9 Å². The highest BCUT2D eigenvalue weighted by Crippen LogP contribution is 2.44. The highest BCUT2D eigenvalue weighted by Gasteiger charge is 2.40. The van der Waals surface area contributed by atoms with Gasteiger partial charge in [-0.05, 0) is 68.7 Å². The molecule has 2 heterocycles. The average Bonchev–Trinajstić information content (AvgIpc) is 3.60. The van der Waals surface area contributed by atoms with Gasteiger partial charge in [0.05, 0.1) is 52.1 Å². The molecule has 0 saturated carbocycles.